The Bertz CT molecular complexity index is 386. The van der Waals surface area contributed by atoms with Gasteiger partial charge in [0, 0.05) is 11.6 Å². The number of piperidine rings is 1. The predicted molar refractivity (Wildman–Crippen MR) is 64.8 cm³/mol. The van der Waals surface area contributed by atoms with Gasteiger partial charge in [-0.15, -0.1) is 0 Å². The number of aliphatic hydroxyl groups excluding tert-OH is 1. The van der Waals surface area contributed by atoms with Gasteiger partial charge in [-0.1, -0.05) is 29.3 Å². The third kappa shape index (κ3) is 2.48. The SMILES string of the molecule is C[C@H]1CC[C@@H](O)[C@@H](c2ccc(Cl)nc2Cl)N1. The maximum absolute atomic E-state index is 9.95. The average Bonchev–Trinajstić information content (AvgIpc) is 2.22. The zero-order valence-corrected chi connectivity index (χ0v) is 10.5. The normalized spacial score (nSPS) is 30.4. The minimum absolute atomic E-state index is 0.152. The van der Waals surface area contributed by atoms with Crippen molar-refractivity contribution in [2.75, 3.05) is 0 Å². The maximum atomic E-state index is 9.95. The summed E-state index contributed by atoms with van der Waals surface area (Å²) in [5, 5.41) is 14.0. The summed E-state index contributed by atoms with van der Waals surface area (Å²) in [6.45, 7) is 2.09. The van der Waals surface area contributed by atoms with Crippen molar-refractivity contribution in [3.05, 3.63) is 28.0 Å². The van der Waals surface area contributed by atoms with Crippen LogP contribution in [0.2, 0.25) is 10.3 Å². The van der Waals surface area contributed by atoms with Crippen molar-refractivity contribution >= 4 is 23.2 Å². The molecule has 1 aliphatic heterocycles. The minimum atomic E-state index is -0.420. The fourth-order valence-electron chi connectivity index (χ4n) is 2.04. The standard InChI is InChI=1S/C11H14Cl2N2O/c1-6-2-4-8(16)10(14-6)7-3-5-9(12)15-11(7)13/h3,5-6,8,10,14,16H,2,4H2,1H3/t6-,8+,10+/m0/s1. The predicted octanol–water partition coefficient (Wildman–Crippen LogP) is 2.56. The number of aromatic nitrogens is 1. The Labute approximate surface area is 105 Å². The van der Waals surface area contributed by atoms with Gasteiger partial charge in [-0.25, -0.2) is 4.98 Å². The Kier molecular flexibility index (Phi) is 3.70. The van der Waals surface area contributed by atoms with Crippen LogP contribution in [0.1, 0.15) is 31.4 Å². The third-order valence-corrected chi connectivity index (χ3v) is 3.44. The molecule has 0 saturated carbocycles. The first-order chi connectivity index (χ1) is 7.58. The van der Waals surface area contributed by atoms with E-state index in [1.165, 1.54) is 0 Å². The zero-order valence-electron chi connectivity index (χ0n) is 8.95. The van der Waals surface area contributed by atoms with Crippen molar-refractivity contribution in [2.24, 2.45) is 0 Å². The number of hydrogen-bond acceptors (Lipinski definition) is 3. The highest BCUT2D eigenvalue weighted by Gasteiger charge is 2.29. The van der Waals surface area contributed by atoms with Gasteiger partial charge < -0.3 is 10.4 Å². The molecule has 0 radical (unpaired) electrons. The lowest BCUT2D eigenvalue weighted by Gasteiger charge is -2.33. The monoisotopic (exact) mass is 260 g/mol. The van der Waals surface area contributed by atoms with Gasteiger partial charge in [0.1, 0.15) is 10.3 Å². The summed E-state index contributed by atoms with van der Waals surface area (Å²) in [7, 11) is 0. The number of pyridine rings is 1. The average molecular weight is 261 g/mol. The van der Waals surface area contributed by atoms with Crippen LogP contribution in [0, 0.1) is 0 Å². The molecule has 2 rings (SSSR count). The molecule has 0 aromatic carbocycles. The van der Waals surface area contributed by atoms with E-state index in [1.54, 1.807) is 6.07 Å². The molecule has 1 aromatic heterocycles. The van der Waals surface area contributed by atoms with Gasteiger partial charge in [-0.3, -0.25) is 0 Å². The number of rotatable bonds is 1. The summed E-state index contributed by atoms with van der Waals surface area (Å²) >= 11 is 11.8. The molecule has 5 heteroatoms. The van der Waals surface area contributed by atoms with E-state index in [2.05, 4.69) is 17.2 Å². The smallest absolute Gasteiger partial charge is 0.135 e. The number of nitrogens with one attached hydrogen (secondary N) is 1. The molecule has 1 fully saturated rings. The largest absolute Gasteiger partial charge is 0.391 e. The van der Waals surface area contributed by atoms with Crippen molar-refractivity contribution in [3.63, 3.8) is 0 Å². The highest BCUT2D eigenvalue weighted by molar-refractivity contribution is 6.32. The van der Waals surface area contributed by atoms with Crippen molar-refractivity contribution in [1.29, 1.82) is 0 Å². The van der Waals surface area contributed by atoms with E-state index in [0.717, 1.165) is 18.4 Å². The van der Waals surface area contributed by atoms with E-state index < -0.39 is 6.10 Å². The Morgan fingerprint density at radius 2 is 2.12 bits per heavy atom. The summed E-state index contributed by atoms with van der Waals surface area (Å²) in [6.07, 6.45) is 1.32. The van der Waals surface area contributed by atoms with Crippen LogP contribution in [-0.4, -0.2) is 22.2 Å². The molecule has 2 heterocycles. The minimum Gasteiger partial charge on any atom is -0.391 e. The van der Waals surface area contributed by atoms with E-state index in [4.69, 9.17) is 23.2 Å². The van der Waals surface area contributed by atoms with E-state index in [0.29, 0.717) is 16.3 Å². The second-order valence-electron chi connectivity index (χ2n) is 4.20. The zero-order chi connectivity index (χ0) is 11.7. The molecule has 2 N–H and O–H groups in total. The second kappa shape index (κ2) is 4.88. The quantitative estimate of drug-likeness (QED) is 0.764. The molecule has 3 atom stereocenters. The van der Waals surface area contributed by atoms with Gasteiger partial charge in [-0.05, 0) is 25.8 Å². The van der Waals surface area contributed by atoms with E-state index >= 15 is 0 Å². The lowest BCUT2D eigenvalue weighted by molar-refractivity contribution is 0.0822. The molecule has 0 amide bonds. The molecular formula is C11H14Cl2N2O. The van der Waals surface area contributed by atoms with Crippen LogP contribution in [0.4, 0.5) is 0 Å². The number of hydrogen-bond donors (Lipinski definition) is 2. The fraction of sp³-hybridized carbons (Fsp3) is 0.545. The van der Waals surface area contributed by atoms with Crippen LogP contribution in [0.15, 0.2) is 12.1 Å². The third-order valence-electron chi connectivity index (χ3n) is 2.92. The first kappa shape index (κ1) is 12.1. The van der Waals surface area contributed by atoms with Crippen molar-refractivity contribution in [2.45, 2.75) is 38.0 Å². The topological polar surface area (TPSA) is 45.2 Å². The van der Waals surface area contributed by atoms with Gasteiger partial charge in [0.2, 0.25) is 0 Å². The molecule has 1 saturated heterocycles. The number of nitrogens with zero attached hydrogens (tertiary/aromatic N) is 1. The van der Waals surface area contributed by atoms with Crippen LogP contribution in [0.5, 0.6) is 0 Å². The van der Waals surface area contributed by atoms with Crippen LogP contribution in [0.25, 0.3) is 0 Å². The molecule has 16 heavy (non-hydrogen) atoms. The number of aliphatic hydroxyl groups is 1. The molecule has 88 valence electrons. The molecule has 3 nitrogen and oxygen atoms in total. The Hall–Kier alpha value is -0.350. The molecule has 0 aliphatic carbocycles. The first-order valence-electron chi connectivity index (χ1n) is 5.34. The maximum Gasteiger partial charge on any atom is 0.135 e. The number of halogens is 2. The van der Waals surface area contributed by atoms with E-state index in [-0.39, 0.29) is 6.04 Å². The highest BCUT2D eigenvalue weighted by Crippen LogP contribution is 2.30. The second-order valence-corrected chi connectivity index (χ2v) is 4.95. The molecule has 1 aromatic rings. The highest BCUT2D eigenvalue weighted by atomic mass is 35.5. The molecule has 0 unspecified atom stereocenters. The van der Waals surface area contributed by atoms with Crippen LogP contribution < -0.4 is 5.32 Å². The van der Waals surface area contributed by atoms with Gasteiger partial charge in [0.15, 0.2) is 0 Å². The summed E-state index contributed by atoms with van der Waals surface area (Å²) < 4.78 is 0. The van der Waals surface area contributed by atoms with Crippen LogP contribution in [0.3, 0.4) is 0 Å². The Balaban J connectivity index is 2.28. The summed E-state index contributed by atoms with van der Waals surface area (Å²) in [5.74, 6) is 0. The lowest BCUT2D eigenvalue weighted by atomic mass is 9.92. The van der Waals surface area contributed by atoms with Crippen LogP contribution in [-0.2, 0) is 0 Å². The molecular weight excluding hydrogens is 247 g/mol. The molecule has 0 spiro atoms. The van der Waals surface area contributed by atoms with Gasteiger partial charge >= 0.3 is 0 Å². The van der Waals surface area contributed by atoms with Gasteiger partial charge in [-0.2, -0.15) is 0 Å². The first-order valence-corrected chi connectivity index (χ1v) is 6.09. The lowest BCUT2D eigenvalue weighted by Crippen LogP contribution is -2.43. The Morgan fingerprint density at radius 1 is 1.38 bits per heavy atom. The van der Waals surface area contributed by atoms with Crippen molar-refractivity contribution in [3.8, 4) is 0 Å². The van der Waals surface area contributed by atoms with Gasteiger partial charge in [0.05, 0.1) is 12.1 Å². The summed E-state index contributed by atoms with van der Waals surface area (Å²) in [6, 6.07) is 3.73. The van der Waals surface area contributed by atoms with Crippen molar-refractivity contribution < 1.29 is 5.11 Å². The Morgan fingerprint density at radius 3 is 2.81 bits per heavy atom. The van der Waals surface area contributed by atoms with Crippen molar-refractivity contribution in [1.82, 2.24) is 10.3 Å². The molecule has 0 bridgehead atoms. The molecule has 1 aliphatic rings. The van der Waals surface area contributed by atoms with Gasteiger partial charge in [0.25, 0.3) is 0 Å². The van der Waals surface area contributed by atoms with E-state index in [9.17, 15) is 5.11 Å². The summed E-state index contributed by atoms with van der Waals surface area (Å²) in [4.78, 5) is 3.99. The van der Waals surface area contributed by atoms with E-state index in [1.807, 2.05) is 6.07 Å². The fourth-order valence-corrected chi connectivity index (χ4v) is 2.50. The summed E-state index contributed by atoms with van der Waals surface area (Å²) in [5.41, 5.74) is 0.810. The van der Waals surface area contributed by atoms with Crippen LogP contribution >= 0.6 is 23.2 Å².